The fourth-order valence-corrected chi connectivity index (χ4v) is 5.98. The quantitative estimate of drug-likeness (QED) is 0.464. The second kappa shape index (κ2) is 11.3. The summed E-state index contributed by atoms with van der Waals surface area (Å²) in [5.74, 6) is 1.74. The molecule has 1 amide bonds. The van der Waals surface area contributed by atoms with Gasteiger partial charge >= 0.3 is 0 Å². The molecule has 188 valence electrons. The Labute approximate surface area is 217 Å². The maximum absolute atomic E-state index is 13.1. The third kappa shape index (κ3) is 5.81. The minimum atomic E-state index is -0.0495. The maximum atomic E-state index is 13.1. The number of rotatable bonds is 7. The molecule has 5 rings (SSSR count). The normalized spacial score (nSPS) is 19.3. The van der Waals surface area contributed by atoms with Crippen LogP contribution in [0.3, 0.4) is 0 Å². The Bertz CT molecular complexity index is 1190. The van der Waals surface area contributed by atoms with Crippen LogP contribution in [-0.2, 0) is 12.8 Å². The lowest BCUT2D eigenvalue weighted by atomic mass is 9.91. The summed E-state index contributed by atoms with van der Waals surface area (Å²) in [6, 6.07) is 14.2. The van der Waals surface area contributed by atoms with Gasteiger partial charge in [-0.05, 0) is 75.6 Å². The predicted octanol–water partition coefficient (Wildman–Crippen LogP) is 5.12. The smallest absolute Gasteiger partial charge is 0.254 e. The van der Waals surface area contributed by atoms with E-state index in [-0.39, 0.29) is 11.9 Å². The molecule has 0 bridgehead atoms. The van der Waals surface area contributed by atoms with Crippen LogP contribution in [0.1, 0.15) is 60.1 Å². The Morgan fingerprint density at radius 2 is 1.69 bits per heavy atom. The van der Waals surface area contributed by atoms with Crippen LogP contribution in [0.15, 0.2) is 58.6 Å². The topological polar surface area (TPSA) is 83.0 Å². The van der Waals surface area contributed by atoms with E-state index in [0.29, 0.717) is 11.6 Å². The van der Waals surface area contributed by atoms with Gasteiger partial charge in [-0.25, -0.2) is 9.97 Å². The van der Waals surface area contributed by atoms with Crippen LogP contribution in [0.25, 0.3) is 0 Å². The maximum Gasteiger partial charge on any atom is 0.254 e. The molecule has 2 aliphatic carbocycles. The van der Waals surface area contributed by atoms with Crippen LogP contribution >= 0.6 is 11.8 Å². The van der Waals surface area contributed by atoms with Crippen LogP contribution in [0.4, 0.5) is 11.8 Å². The van der Waals surface area contributed by atoms with Crippen molar-refractivity contribution in [1.82, 2.24) is 20.3 Å². The summed E-state index contributed by atoms with van der Waals surface area (Å²) >= 11 is 1.52. The van der Waals surface area contributed by atoms with Gasteiger partial charge in [0.1, 0.15) is 10.8 Å². The highest BCUT2D eigenvalue weighted by atomic mass is 32.2. The number of nitrogens with zero attached hydrogens (tertiary/aromatic N) is 4. The number of amides is 1. The third-order valence-electron chi connectivity index (χ3n) is 6.95. The highest BCUT2D eigenvalue weighted by Gasteiger charge is 2.26. The van der Waals surface area contributed by atoms with Crippen LogP contribution < -0.4 is 15.5 Å². The van der Waals surface area contributed by atoms with Crippen molar-refractivity contribution in [1.29, 1.82) is 0 Å². The number of nitrogens with one attached hydrogen (secondary N) is 2. The Hall–Kier alpha value is -3.13. The zero-order valence-corrected chi connectivity index (χ0v) is 21.9. The number of anilines is 2. The number of hydrogen-bond acceptors (Lipinski definition) is 7. The summed E-state index contributed by atoms with van der Waals surface area (Å²) in [7, 11) is 4.11. The summed E-state index contributed by atoms with van der Waals surface area (Å²) in [4.78, 5) is 30.5. The summed E-state index contributed by atoms with van der Waals surface area (Å²) < 4.78 is 0. The van der Waals surface area contributed by atoms with Gasteiger partial charge in [-0.15, -0.1) is 0 Å². The second-order valence-corrected chi connectivity index (χ2v) is 10.9. The first-order chi connectivity index (χ1) is 17.6. The molecular formula is C28H34N6OS. The van der Waals surface area contributed by atoms with Crippen molar-refractivity contribution in [3.63, 3.8) is 0 Å². The van der Waals surface area contributed by atoms with Gasteiger partial charge in [-0.2, -0.15) is 4.98 Å². The zero-order valence-electron chi connectivity index (χ0n) is 21.0. The minimum Gasteiger partial charge on any atom is -0.362 e. The van der Waals surface area contributed by atoms with Crippen LogP contribution in [0.2, 0.25) is 0 Å². The van der Waals surface area contributed by atoms with E-state index < -0.39 is 0 Å². The molecule has 1 fully saturated rings. The highest BCUT2D eigenvalue weighted by molar-refractivity contribution is 7.99. The van der Waals surface area contributed by atoms with E-state index in [2.05, 4.69) is 34.6 Å². The molecule has 7 nitrogen and oxygen atoms in total. The van der Waals surface area contributed by atoms with E-state index in [0.717, 1.165) is 60.2 Å². The van der Waals surface area contributed by atoms with E-state index in [9.17, 15) is 4.79 Å². The van der Waals surface area contributed by atoms with Gasteiger partial charge in [0, 0.05) is 42.8 Å². The predicted molar refractivity (Wildman–Crippen MR) is 145 cm³/mol. The first kappa shape index (κ1) is 24.6. The van der Waals surface area contributed by atoms with Crippen molar-refractivity contribution in [2.75, 3.05) is 24.3 Å². The van der Waals surface area contributed by atoms with Gasteiger partial charge in [-0.3, -0.25) is 4.79 Å². The number of carbonyl (C=O) groups is 1. The summed E-state index contributed by atoms with van der Waals surface area (Å²) in [5, 5.41) is 7.58. The Kier molecular flexibility index (Phi) is 7.70. The zero-order chi connectivity index (χ0) is 24.9. The molecule has 0 aliphatic heterocycles. The van der Waals surface area contributed by atoms with Crippen molar-refractivity contribution in [2.24, 2.45) is 0 Å². The average Bonchev–Trinajstić information content (AvgIpc) is 2.90. The number of carbonyl (C=O) groups excluding carboxylic acids is 1. The fourth-order valence-electron chi connectivity index (χ4n) is 5.08. The van der Waals surface area contributed by atoms with Crippen LogP contribution in [0.5, 0.6) is 0 Å². The molecular weight excluding hydrogens is 468 g/mol. The lowest BCUT2D eigenvalue weighted by Gasteiger charge is -2.30. The van der Waals surface area contributed by atoms with Gasteiger partial charge in [0.25, 0.3) is 5.91 Å². The number of aryl methyl sites for hydroxylation is 1. The number of aromatic nitrogens is 3. The number of pyridine rings is 1. The van der Waals surface area contributed by atoms with Crippen molar-refractivity contribution < 1.29 is 4.79 Å². The molecule has 2 N–H and O–H groups in total. The summed E-state index contributed by atoms with van der Waals surface area (Å²) in [6.07, 6.45) is 10.1. The standard InChI is InChI=1S/C28H34N6OS/c1-34(2)25-22-11-6-7-13-24(22)32-28(33-25)31-20-16-14-19(15-17-20)30-26(35)23-12-8-18-29-27(23)36-21-9-4-3-5-10-21/h3-5,8-10,12,18-20H,6-7,11,13-17H2,1-2H3,(H,30,35)(H,31,32,33). The second-order valence-electron chi connectivity index (χ2n) is 9.84. The molecule has 3 aromatic rings. The Morgan fingerprint density at radius 3 is 2.47 bits per heavy atom. The van der Waals surface area contributed by atoms with Gasteiger partial charge in [0.05, 0.1) is 11.3 Å². The molecule has 0 saturated heterocycles. The molecule has 2 aliphatic rings. The van der Waals surface area contributed by atoms with Gasteiger partial charge in [0.15, 0.2) is 0 Å². The molecule has 0 spiro atoms. The van der Waals surface area contributed by atoms with E-state index in [4.69, 9.17) is 9.97 Å². The van der Waals surface area contributed by atoms with E-state index in [1.165, 1.54) is 35.9 Å². The molecule has 2 aromatic heterocycles. The Balaban J connectivity index is 1.18. The van der Waals surface area contributed by atoms with Crippen LogP contribution in [-0.4, -0.2) is 47.0 Å². The fraction of sp³-hybridized carbons (Fsp3) is 0.429. The number of hydrogen-bond donors (Lipinski definition) is 2. The molecule has 1 aromatic carbocycles. The molecule has 2 heterocycles. The van der Waals surface area contributed by atoms with Gasteiger partial charge < -0.3 is 15.5 Å². The lowest BCUT2D eigenvalue weighted by molar-refractivity contribution is 0.0923. The molecule has 0 unspecified atom stereocenters. The molecule has 8 heteroatoms. The Morgan fingerprint density at radius 1 is 0.944 bits per heavy atom. The monoisotopic (exact) mass is 502 g/mol. The van der Waals surface area contributed by atoms with Crippen molar-refractivity contribution in [2.45, 2.75) is 73.4 Å². The molecule has 36 heavy (non-hydrogen) atoms. The van der Waals surface area contributed by atoms with Crippen LogP contribution in [0, 0.1) is 0 Å². The van der Waals surface area contributed by atoms with Gasteiger partial charge in [0.2, 0.25) is 5.95 Å². The van der Waals surface area contributed by atoms with Crippen molar-refractivity contribution >= 4 is 29.4 Å². The highest BCUT2D eigenvalue weighted by Crippen LogP contribution is 2.31. The summed E-state index contributed by atoms with van der Waals surface area (Å²) in [5.41, 5.74) is 3.14. The molecule has 0 radical (unpaired) electrons. The molecule has 1 saturated carbocycles. The first-order valence-electron chi connectivity index (χ1n) is 12.9. The van der Waals surface area contributed by atoms with Gasteiger partial charge in [-0.1, -0.05) is 30.0 Å². The molecule has 0 atom stereocenters. The SMILES string of the molecule is CN(C)c1nc(NC2CCC(NC(=O)c3cccnc3Sc3ccccc3)CC2)nc2c1CCCC2. The first-order valence-corrected chi connectivity index (χ1v) is 13.7. The van der Waals surface area contributed by atoms with E-state index in [1.807, 2.05) is 42.5 Å². The van der Waals surface area contributed by atoms with E-state index >= 15 is 0 Å². The third-order valence-corrected chi connectivity index (χ3v) is 7.98. The number of benzene rings is 1. The average molecular weight is 503 g/mol. The lowest BCUT2D eigenvalue weighted by Crippen LogP contribution is -2.40. The number of fused-ring (bicyclic) bond motifs is 1. The largest absolute Gasteiger partial charge is 0.362 e. The van der Waals surface area contributed by atoms with Crippen molar-refractivity contribution in [3.8, 4) is 0 Å². The van der Waals surface area contributed by atoms with E-state index in [1.54, 1.807) is 6.20 Å². The van der Waals surface area contributed by atoms with Crippen molar-refractivity contribution in [3.05, 3.63) is 65.5 Å². The minimum absolute atomic E-state index is 0.0495. The summed E-state index contributed by atoms with van der Waals surface area (Å²) in [6.45, 7) is 0.